The SMILES string of the molecule is c1ccc(-c2ccc3nccnc3c2)cc1. The van der Waals surface area contributed by atoms with Crippen molar-refractivity contribution in [2.45, 2.75) is 0 Å². The first-order valence-electron chi connectivity index (χ1n) is 5.20. The lowest BCUT2D eigenvalue weighted by molar-refractivity contribution is 1.29. The summed E-state index contributed by atoms with van der Waals surface area (Å²) in [5.74, 6) is 0. The minimum absolute atomic E-state index is 0.933. The third-order valence-electron chi connectivity index (χ3n) is 2.58. The molecule has 0 radical (unpaired) electrons. The van der Waals surface area contributed by atoms with Crippen molar-refractivity contribution < 1.29 is 0 Å². The summed E-state index contributed by atoms with van der Waals surface area (Å²) in [6, 6.07) is 16.4. The molecule has 1 heterocycles. The molecular weight excluding hydrogens is 196 g/mol. The molecule has 3 aromatic rings. The average molecular weight is 206 g/mol. The Balaban J connectivity index is 2.19. The van der Waals surface area contributed by atoms with Crippen LogP contribution in [0.3, 0.4) is 0 Å². The first kappa shape index (κ1) is 9.04. The van der Waals surface area contributed by atoms with E-state index in [1.54, 1.807) is 12.4 Å². The van der Waals surface area contributed by atoms with Gasteiger partial charge in [-0.15, -0.1) is 0 Å². The highest BCUT2D eigenvalue weighted by Crippen LogP contribution is 2.21. The van der Waals surface area contributed by atoms with Gasteiger partial charge in [0.2, 0.25) is 0 Å². The van der Waals surface area contributed by atoms with Crippen molar-refractivity contribution in [2.75, 3.05) is 0 Å². The van der Waals surface area contributed by atoms with Crippen LogP contribution >= 0.6 is 0 Å². The highest BCUT2D eigenvalue weighted by atomic mass is 14.8. The van der Waals surface area contributed by atoms with Gasteiger partial charge in [0.1, 0.15) is 0 Å². The van der Waals surface area contributed by atoms with Crippen molar-refractivity contribution >= 4 is 11.0 Å². The molecule has 0 saturated heterocycles. The van der Waals surface area contributed by atoms with Crippen molar-refractivity contribution in [3.05, 3.63) is 60.9 Å². The number of hydrogen-bond donors (Lipinski definition) is 0. The molecule has 2 heteroatoms. The third-order valence-corrected chi connectivity index (χ3v) is 2.58. The van der Waals surface area contributed by atoms with E-state index < -0.39 is 0 Å². The number of hydrogen-bond acceptors (Lipinski definition) is 2. The van der Waals surface area contributed by atoms with Gasteiger partial charge in [-0.25, -0.2) is 0 Å². The van der Waals surface area contributed by atoms with Gasteiger partial charge in [-0.05, 0) is 23.3 Å². The number of fused-ring (bicyclic) bond motifs is 1. The predicted molar refractivity (Wildman–Crippen MR) is 65.0 cm³/mol. The van der Waals surface area contributed by atoms with Gasteiger partial charge in [-0.1, -0.05) is 36.4 Å². The molecule has 76 valence electrons. The van der Waals surface area contributed by atoms with Crippen LogP contribution < -0.4 is 0 Å². The fraction of sp³-hybridized carbons (Fsp3) is 0. The summed E-state index contributed by atoms with van der Waals surface area (Å²) in [5.41, 5.74) is 4.25. The maximum absolute atomic E-state index is 4.30. The minimum Gasteiger partial charge on any atom is -0.253 e. The summed E-state index contributed by atoms with van der Waals surface area (Å²) in [6.07, 6.45) is 3.43. The van der Waals surface area contributed by atoms with E-state index in [1.807, 2.05) is 24.3 Å². The van der Waals surface area contributed by atoms with Gasteiger partial charge in [0.05, 0.1) is 11.0 Å². The van der Waals surface area contributed by atoms with Crippen LogP contribution in [0.5, 0.6) is 0 Å². The van der Waals surface area contributed by atoms with E-state index in [1.165, 1.54) is 11.1 Å². The molecule has 0 unspecified atom stereocenters. The monoisotopic (exact) mass is 206 g/mol. The van der Waals surface area contributed by atoms with Gasteiger partial charge < -0.3 is 0 Å². The number of benzene rings is 2. The molecule has 0 spiro atoms. The Morgan fingerprint density at radius 2 is 1.38 bits per heavy atom. The van der Waals surface area contributed by atoms with Crippen LogP contribution in [-0.4, -0.2) is 9.97 Å². The van der Waals surface area contributed by atoms with Gasteiger partial charge in [0.25, 0.3) is 0 Å². The van der Waals surface area contributed by atoms with E-state index in [-0.39, 0.29) is 0 Å². The smallest absolute Gasteiger partial charge is 0.0892 e. The number of rotatable bonds is 1. The number of nitrogens with zero attached hydrogens (tertiary/aromatic N) is 2. The van der Waals surface area contributed by atoms with E-state index in [4.69, 9.17) is 0 Å². The van der Waals surface area contributed by atoms with Crippen molar-refractivity contribution in [1.82, 2.24) is 9.97 Å². The fourth-order valence-corrected chi connectivity index (χ4v) is 1.77. The zero-order valence-corrected chi connectivity index (χ0v) is 8.67. The largest absolute Gasteiger partial charge is 0.253 e. The Morgan fingerprint density at radius 1 is 0.625 bits per heavy atom. The van der Waals surface area contributed by atoms with Crippen molar-refractivity contribution in [2.24, 2.45) is 0 Å². The van der Waals surface area contributed by atoms with Crippen LogP contribution in [-0.2, 0) is 0 Å². The summed E-state index contributed by atoms with van der Waals surface area (Å²) >= 11 is 0. The first-order valence-corrected chi connectivity index (χ1v) is 5.20. The Bertz CT molecular complexity index is 618. The third kappa shape index (κ3) is 1.54. The molecule has 0 amide bonds. The number of aromatic nitrogens is 2. The van der Waals surface area contributed by atoms with Gasteiger partial charge >= 0.3 is 0 Å². The molecule has 0 saturated carbocycles. The molecule has 2 nitrogen and oxygen atoms in total. The van der Waals surface area contributed by atoms with Crippen LogP contribution in [0, 0.1) is 0 Å². The van der Waals surface area contributed by atoms with Gasteiger partial charge in [0, 0.05) is 12.4 Å². The molecule has 0 aliphatic carbocycles. The first-order chi connectivity index (χ1) is 7.93. The summed E-state index contributed by atoms with van der Waals surface area (Å²) in [6.45, 7) is 0. The van der Waals surface area contributed by atoms with E-state index in [2.05, 4.69) is 34.2 Å². The van der Waals surface area contributed by atoms with E-state index in [0.717, 1.165) is 11.0 Å². The molecule has 0 atom stereocenters. The highest BCUT2D eigenvalue weighted by Gasteiger charge is 1.99. The highest BCUT2D eigenvalue weighted by molar-refractivity contribution is 5.80. The molecule has 2 aromatic carbocycles. The lowest BCUT2D eigenvalue weighted by atomic mass is 10.1. The summed E-state index contributed by atoms with van der Waals surface area (Å²) < 4.78 is 0. The molecule has 0 aliphatic rings. The lowest BCUT2D eigenvalue weighted by Crippen LogP contribution is -1.83. The minimum atomic E-state index is 0.933. The Labute approximate surface area is 93.6 Å². The zero-order chi connectivity index (χ0) is 10.8. The van der Waals surface area contributed by atoms with Crippen molar-refractivity contribution in [3.8, 4) is 11.1 Å². The van der Waals surface area contributed by atoms with Crippen LogP contribution in [0.1, 0.15) is 0 Å². The fourth-order valence-electron chi connectivity index (χ4n) is 1.77. The maximum atomic E-state index is 4.30. The van der Waals surface area contributed by atoms with Crippen LogP contribution in [0.25, 0.3) is 22.2 Å². The van der Waals surface area contributed by atoms with Crippen molar-refractivity contribution in [3.63, 3.8) is 0 Å². The molecule has 0 aliphatic heterocycles. The van der Waals surface area contributed by atoms with Crippen LogP contribution in [0.2, 0.25) is 0 Å². The van der Waals surface area contributed by atoms with E-state index in [9.17, 15) is 0 Å². The Hall–Kier alpha value is -2.22. The molecule has 1 aromatic heterocycles. The lowest BCUT2D eigenvalue weighted by Gasteiger charge is -2.02. The Morgan fingerprint density at radius 3 is 2.19 bits per heavy atom. The van der Waals surface area contributed by atoms with E-state index in [0.29, 0.717) is 0 Å². The topological polar surface area (TPSA) is 25.8 Å². The second kappa shape index (κ2) is 3.74. The summed E-state index contributed by atoms with van der Waals surface area (Å²) in [7, 11) is 0. The molecule has 0 fully saturated rings. The molecule has 0 bridgehead atoms. The Kier molecular flexibility index (Phi) is 2.11. The molecule has 16 heavy (non-hydrogen) atoms. The van der Waals surface area contributed by atoms with Crippen LogP contribution in [0.4, 0.5) is 0 Å². The molecular formula is C14H10N2. The van der Waals surface area contributed by atoms with Gasteiger partial charge in [-0.3, -0.25) is 9.97 Å². The standard InChI is InChI=1S/C14H10N2/c1-2-4-11(5-3-1)12-6-7-13-14(10-12)16-9-8-15-13/h1-10H. The van der Waals surface area contributed by atoms with Gasteiger partial charge in [-0.2, -0.15) is 0 Å². The second-order valence-corrected chi connectivity index (χ2v) is 3.63. The average Bonchev–Trinajstić information content (AvgIpc) is 2.39. The van der Waals surface area contributed by atoms with Gasteiger partial charge in [0.15, 0.2) is 0 Å². The maximum Gasteiger partial charge on any atom is 0.0892 e. The molecule has 0 N–H and O–H groups in total. The second-order valence-electron chi connectivity index (χ2n) is 3.63. The predicted octanol–water partition coefficient (Wildman–Crippen LogP) is 3.30. The molecule has 3 rings (SSSR count). The zero-order valence-electron chi connectivity index (χ0n) is 8.67. The van der Waals surface area contributed by atoms with E-state index >= 15 is 0 Å². The normalized spacial score (nSPS) is 10.5. The van der Waals surface area contributed by atoms with Crippen LogP contribution in [0.15, 0.2) is 60.9 Å². The quantitative estimate of drug-likeness (QED) is 0.610. The summed E-state index contributed by atoms with van der Waals surface area (Å²) in [4.78, 5) is 8.56. The summed E-state index contributed by atoms with van der Waals surface area (Å²) in [5, 5.41) is 0. The van der Waals surface area contributed by atoms with Crippen molar-refractivity contribution in [1.29, 1.82) is 0 Å².